The normalized spacial score (nSPS) is 5.50. The molecule has 0 aliphatic heterocycles. The van der Waals surface area contributed by atoms with E-state index in [-0.39, 0.29) is 25.9 Å². The number of carboxylic acid groups (broad SMARTS) is 1. The zero-order valence-electron chi connectivity index (χ0n) is 5.05. The minimum atomic E-state index is -1.28. The van der Waals surface area contributed by atoms with E-state index in [1.165, 1.54) is 0 Å². The maximum atomic E-state index is 9.12. The molecule has 5 heteroatoms. The summed E-state index contributed by atoms with van der Waals surface area (Å²) in [5.41, 5.74) is 0. The van der Waals surface area contributed by atoms with Gasteiger partial charge < -0.3 is 12.5 Å². The van der Waals surface area contributed by atoms with Crippen molar-refractivity contribution in [1.82, 2.24) is 0 Å². The van der Waals surface area contributed by atoms with Crippen LogP contribution in [0.15, 0.2) is 0 Å². The summed E-state index contributed by atoms with van der Waals surface area (Å²) in [6.45, 7) is 0. The van der Waals surface area contributed by atoms with Crippen LogP contribution < -0.4 is 0 Å². The Hall–Kier alpha value is 0.466. The van der Waals surface area contributed by atoms with Crippen LogP contribution in [0.1, 0.15) is 2.85 Å². The van der Waals surface area contributed by atoms with Crippen LogP contribution in [0.2, 0.25) is 0 Å². The Labute approximate surface area is 56.5 Å². The van der Waals surface area contributed by atoms with Crippen LogP contribution in [0.3, 0.4) is 0 Å². The minimum Gasteiger partial charge on any atom is -1.00 e. The van der Waals surface area contributed by atoms with Crippen molar-refractivity contribution < 1.29 is 17.3 Å². The predicted octanol–water partition coefficient (Wildman–Crippen LogP) is 0.315. The molecule has 0 aromatic heterocycles. The van der Waals surface area contributed by atoms with E-state index in [1.807, 2.05) is 0 Å². The summed E-state index contributed by atoms with van der Waals surface area (Å²) in [5.74, 6) is 0. The molecule has 6 heavy (non-hydrogen) atoms. The summed E-state index contributed by atoms with van der Waals surface area (Å²) in [4.78, 5) is 9.12. The van der Waals surface area contributed by atoms with Crippen LogP contribution in [0, 0.1) is 0 Å². The average molecular weight is 120 g/mol. The van der Waals surface area contributed by atoms with Crippen molar-refractivity contribution in [3.05, 3.63) is 0 Å². The van der Waals surface area contributed by atoms with E-state index in [0.29, 0.717) is 0 Å². The zero-order chi connectivity index (χ0) is 4.28. The summed E-state index contributed by atoms with van der Waals surface area (Å²) >= 11 is 0. The third kappa shape index (κ3) is 8.82. The van der Waals surface area contributed by atoms with Gasteiger partial charge in [-0.25, -0.2) is 4.79 Å². The van der Waals surface area contributed by atoms with Crippen LogP contribution in [0.5, 0.6) is 0 Å². The summed E-state index contributed by atoms with van der Waals surface area (Å²) in [5, 5.41) is 7.48. The smallest absolute Gasteiger partial charge is 1.00 e. The molecular weight excluding hydrogens is 115 g/mol. The van der Waals surface area contributed by atoms with Crippen LogP contribution in [0.4, 0.5) is 4.79 Å². The van der Waals surface area contributed by atoms with Crippen molar-refractivity contribution in [3.63, 3.8) is 0 Å². The van der Waals surface area contributed by atoms with Gasteiger partial charge in [0.1, 0.15) is 0 Å². The van der Waals surface area contributed by atoms with Crippen molar-refractivity contribution in [2.24, 2.45) is 0 Å². The average Bonchev–Trinajstić information content (AvgIpc) is 1.38. The third-order valence-electron chi connectivity index (χ3n) is 0.101. The molecule has 0 heterocycles. The van der Waals surface area contributed by atoms with Crippen LogP contribution in [-0.4, -0.2) is 34.3 Å². The number of hydrogen-bond donors (Lipinski definition) is 1. The van der Waals surface area contributed by atoms with Crippen molar-refractivity contribution in [3.8, 4) is 0 Å². The van der Waals surface area contributed by atoms with Gasteiger partial charge in [-0.3, -0.25) is 0 Å². The standard InChI is InChI=1S/CH3O3P.Mg.2H/c2-1(3)4-5;;;/h5H2,(H,2,3);;;/q;+2;2*-1. The molecule has 1 atom stereocenters. The predicted molar refractivity (Wildman–Crippen MR) is 26.8 cm³/mol. The number of carbonyl (C=O) groups is 1. The fraction of sp³-hybridized carbons (Fsp3) is 0. The van der Waals surface area contributed by atoms with Gasteiger partial charge in [0.15, 0.2) is 0 Å². The first-order valence-electron chi connectivity index (χ1n) is 0.868. The molecule has 0 bridgehead atoms. The second kappa shape index (κ2) is 5.47. The van der Waals surface area contributed by atoms with Gasteiger partial charge in [0.05, 0.1) is 9.47 Å². The monoisotopic (exact) mass is 120 g/mol. The third-order valence-corrected chi connectivity index (χ3v) is 0.302. The van der Waals surface area contributed by atoms with Crippen molar-refractivity contribution >= 4 is 38.7 Å². The molecule has 34 valence electrons. The van der Waals surface area contributed by atoms with E-state index >= 15 is 0 Å². The van der Waals surface area contributed by atoms with Gasteiger partial charge in [-0.2, -0.15) is 0 Å². The van der Waals surface area contributed by atoms with Gasteiger partial charge in [0.2, 0.25) is 0 Å². The fourth-order valence-corrected chi connectivity index (χ4v) is 0. The topological polar surface area (TPSA) is 46.5 Å². The van der Waals surface area contributed by atoms with E-state index in [0.717, 1.165) is 0 Å². The zero-order valence-corrected chi connectivity index (χ0v) is 5.62. The Kier molecular flexibility index (Phi) is 8.82. The van der Waals surface area contributed by atoms with Crippen molar-refractivity contribution in [2.75, 3.05) is 0 Å². The molecule has 0 amide bonds. The Bertz CT molecular complexity index is 52.5. The fourth-order valence-electron chi connectivity index (χ4n) is 0. The molecule has 1 unspecified atom stereocenters. The summed E-state index contributed by atoms with van der Waals surface area (Å²) in [6.07, 6.45) is -1.28. The molecule has 0 aromatic carbocycles. The van der Waals surface area contributed by atoms with Crippen LogP contribution >= 0.6 is 9.47 Å². The molecule has 0 aliphatic carbocycles. The first-order chi connectivity index (χ1) is 2.27. The van der Waals surface area contributed by atoms with Crippen LogP contribution in [0.25, 0.3) is 0 Å². The van der Waals surface area contributed by atoms with Crippen molar-refractivity contribution in [2.45, 2.75) is 0 Å². The molecule has 1 N–H and O–H groups in total. The summed E-state index contributed by atoms with van der Waals surface area (Å²) < 4.78 is 3.58. The molecule has 0 rings (SSSR count). The summed E-state index contributed by atoms with van der Waals surface area (Å²) in [7, 11) is 1.59. The number of hydrogen-bond acceptors (Lipinski definition) is 2. The molecule has 0 spiro atoms. The molecule has 0 fully saturated rings. The number of rotatable bonds is 0. The van der Waals surface area contributed by atoms with E-state index in [2.05, 4.69) is 4.52 Å². The van der Waals surface area contributed by atoms with Gasteiger partial charge in [0.25, 0.3) is 0 Å². The Balaban J connectivity index is -0.0000000267. The SMILES string of the molecule is O=C(O)OP.[H-].[H-].[Mg+2]. The van der Waals surface area contributed by atoms with E-state index in [4.69, 9.17) is 9.90 Å². The Morgan fingerprint density at radius 3 is 2.17 bits per heavy atom. The Morgan fingerprint density at radius 1 is 2.00 bits per heavy atom. The quantitative estimate of drug-likeness (QED) is 0.370. The minimum absolute atomic E-state index is 0. The second-order valence-electron chi connectivity index (χ2n) is 0.384. The maximum absolute atomic E-state index is 9.12. The van der Waals surface area contributed by atoms with Gasteiger partial charge in [-0.1, -0.05) is 0 Å². The molecule has 0 aliphatic rings. The Morgan fingerprint density at radius 2 is 2.17 bits per heavy atom. The molecule has 3 nitrogen and oxygen atoms in total. The molecular formula is CH5MgO3P. The molecule has 0 saturated heterocycles. The molecule has 0 aromatic rings. The summed E-state index contributed by atoms with van der Waals surface area (Å²) in [6, 6.07) is 0. The van der Waals surface area contributed by atoms with Gasteiger partial charge in [-0.15, -0.1) is 0 Å². The first kappa shape index (κ1) is 9.69. The largest absolute Gasteiger partial charge is 2.00 e. The first-order valence-corrected chi connectivity index (χ1v) is 1.34. The van der Waals surface area contributed by atoms with E-state index in [1.54, 1.807) is 9.47 Å². The van der Waals surface area contributed by atoms with E-state index < -0.39 is 6.16 Å². The van der Waals surface area contributed by atoms with E-state index in [9.17, 15) is 0 Å². The van der Waals surface area contributed by atoms with Gasteiger partial charge >= 0.3 is 29.2 Å². The second-order valence-corrected chi connectivity index (χ2v) is 0.619. The molecule has 0 saturated carbocycles. The maximum Gasteiger partial charge on any atom is 2.00 e. The van der Waals surface area contributed by atoms with Gasteiger partial charge in [-0.05, 0) is 0 Å². The molecule has 0 radical (unpaired) electrons. The van der Waals surface area contributed by atoms with Crippen LogP contribution in [-0.2, 0) is 4.52 Å². The van der Waals surface area contributed by atoms with Crippen molar-refractivity contribution in [1.29, 1.82) is 0 Å². The van der Waals surface area contributed by atoms with Gasteiger partial charge in [0, 0.05) is 0 Å².